The lowest BCUT2D eigenvalue weighted by Gasteiger charge is -2.23. The molecule has 0 bridgehead atoms. The summed E-state index contributed by atoms with van der Waals surface area (Å²) in [6.07, 6.45) is 1.59. The highest BCUT2D eigenvalue weighted by atomic mass is 16.4. The van der Waals surface area contributed by atoms with Gasteiger partial charge in [-0.2, -0.15) is 0 Å². The van der Waals surface area contributed by atoms with Crippen LogP contribution in [0.2, 0.25) is 0 Å². The van der Waals surface area contributed by atoms with E-state index in [1.807, 2.05) is 57.4 Å². The SMILES string of the molecule is CN(C)c1ccc2c(c1)n(C)c(=NNc1ccc(N3CCCC3C(=O)O)cc1)n2C. The predicted octanol–water partition coefficient (Wildman–Crippen LogP) is 2.56. The Balaban J connectivity index is 1.59. The van der Waals surface area contributed by atoms with Gasteiger partial charge in [0.2, 0.25) is 5.62 Å². The van der Waals surface area contributed by atoms with Crippen LogP contribution in [-0.2, 0) is 18.9 Å². The maximum absolute atomic E-state index is 11.4. The lowest BCUT2D eigenvalue weighted by atomic mass is 10.2. The summed E-state index contributed by atoms with van der Waals surface area (Å²) in [5.74, 6) is -0.759. The van der Waals surface area contributed by atoms with Gasteiger partial charge in [0, 0.05) is 46.1 Å². The Labute approximate surface area is 175 Å². The van der Waals surface area contributed by atoms with Crippen molar-refractivity contribution in [2.24, 2.45) is 19.2 Å². The maximum Gasteiger partial charge on any atom is 0.326 e. The molecule has 8 nitrogen and oxygen atoms in total. The van der Waals surface area contributed by atoms with Gasteiger partial charge < -0.3 is 24.0 Å². The minimum absolute atomic E-state index is 0.435. The number of nitrogens with zero attached hydrogens (tertiary/aromatic N) is 5. The van der Waals surface area contributed by atoms with Crippen molar-refractivity contribution in [1.29, 1.82) is 0 Å². The number of carbonyl (C=O) groups is 1. The van der Waals surface area contributed by atoms with Crippen LogP contribution in [0.3, 0.4) is 0 Å². The topological polar surface area (TPSA) is 78.0 Å². The van der Waals surface area contributed by atoms with E-state index >= 15 is 0 Å². The monoisotopic (exact) mass is 408 g/mol. The van der Waals surface area contributed by atoms with Crippen molar-refractivity contribution in [3.63, 3.8) is 0 Å². The lowest BCUT2D eigenvalue weighted by Crippen LogP contribution is -2.35. The fourth-order valence-corrected chi connectivity index (χ4v) is 4.11. The number of fused-ring (bicyclic) bond motifs is 1. The zero-order valence-corrected chi connectivity index (χ0v) is 17.8. The molecule has 1 aliphatic heterocycles. The van der Waals surface area contributed by atoms with Gasteiger partial charge in [-0.25, -0.2) is 4.79 Å². The first-order chi connectivity index (χ1) is 14.4. The molecule has 2 N–H and O–H groups in total. The van der Waals surface area contributed by atoms with Crippen LogP contribution in [0.15, 0.2) is 47.6 Å². The summed E-state index contributed by atoms with van der Waals surface area (Å²) in [4.78, 5) is 15.5. The smallest absolute Gasteiger partial charge is 0.326 e. The molecule has 2 aromatic carbocycles. The summed E-state index contributed by atoms with van der Waals surface area (Å²) in [5.41, 5.74) is 9.06. The molecule has 0 spiro atoms. The molecule has 0 saturated carbocycles. The van der Waals surface area contributed by atoms with Crippen LogP contribution in [-0.4, -0.2) is 46.9 Å². The van der Waals surface area contributed by atoms with Gasteiger partial charge in [-0.15, -0.1) is 5.10 Å². The maximum atomic E-state index is 11.4. The quantitative estimate of drug-likeness (QED) is 0.635. The molecule has 3 aromatic rings. The predicted molar refractivity (Wildman–Crippen MR) is 120 cm³/mol. The van der Waals surface area contributed by atoms with Gasteiger partial charge in [-0.1, -0.05) is 0 Å². The third-order valence-electron chi connectivity index (χ3n) is 5.82. The molecule has 1 unspecified atom stereocenters. The van der Waals surface area contributed by atoms with Crippen LogP contribution in [0.25, 0.3) is 11.0 Å². The van der Waals surface area contributed by atoms with Crippen molar-refractivity contribution < 1.29 is 9.90 Å². The normalized spacial score (nSPS) is 17.0. The first-order valence-corrected chi connectivity index (χ1v) is 10.1. The second kappa shape index (κ2) is 7.78. The van der Waals surface area contributed by atoms with Gasteiger partial charge in [-0.3, -0.25) is 5.43 Å². The highest BCUT2D eigenvalue weighted by Crippen LogP contribution is 2.27. The minimum atomic E-state index is -0.759. The molecule has 8 heteroatoms. The fourth-order valence-electron chi connectivity index (χ4n) is 4.11. The van der Waals surface area contributed by atoms with Crippen LogP contribution in [0, 0.1) is 0 Å². The summed E-state index contributed by atoms with van der Waals surface area (Å²) in [6, 6.07) is 13.7. The minimum Gasteiger partial charge on any atom is -0.480 e. The van der Waals surface area contributed by atoms with Gasteiger partial charge in [0.1, 0.15) is 6.04 Å². The Morgan fingerprint density at radius 2 is 1.80 bits per heavy atom. The number of imidazole rings is 1. The number of aromatic nitrogens is 2. The highest BCUT2D eigenvalue weighted by molar-refractivity contribution is 5.80. The molecule has 1 aromatic heterocycles. The molecule has 1 aliphatic rings. The number of carboxylic acid groups (broad SMARTS) is 1. The molecule has 158 valence electrons. The van der Waals surface area contributed by atoms with Crippen LogP contribution in [0.1, 0.15) is 12.8 Å². The van der Waals surface area contributed by atoms with E-state index in [4.69, 9.17) is 0 Å². The van der Waals surface area contributed by atoms with Crippen molar-refractivity contribution in [2.75, 3.05) is 35.9 Å². The lowest BCUT2D eigenvalue weighted by molar-refractivity contribution is -0.138. The van der Waals surface area contributed by atoms with E-state index in [9.17, 15) is 9.90 Å². The second-order valence-corrected chi connectivity index (χ2v) is 7.95. The average Bonchev–Trinajstić information content (AvgIpc) is 3.31. The Morgan fingerprint density at radius 3 is 2.47 bits per heavy atom. The number of aryl methyl sites for hydroxylation is 2. The molecule has 0 aliphatic carbocycles. The largest absolute Gasteiger partial charge is 0.480 e. The molecule has 1 saturated heterocycles. The van der Waals surface area contributed by atoms with Crippen LogP contribution < -0.4 is 20.8 Å². The molecule has 0 amide bonds. The van der Waals surface area contributed by atoms with E-state index in [0.29, 0.717) is 6.42 Å². The number of anilines is 3. The van der Waals surface area contributed by atoms with E-state index in [1.165, 1.54) is 0 Å². The number of benzene rings is 2. The highest BCUT2D eigenvalue weighted by Gasteiger charge is 2.30. The van der Waals surface area contributed by atoms with E-state index in [2.05, 4.69) is 42.8 Å². The molecule has 1 atom stereocenters. The Morgan fingerprint density at radius 1 is 1.10 bits per heavy atom. The molecule has 2 heterocycles. The molecule has 0 radical (unpaired) electrons. The number of rotatable bonds is 5. The Kier molecular flexibility index (Phi) is 5.15. The Bertz CT molecular complexity index is 1140. The molecular formula is C22H28N6O2. The molecule has 4 rings (SSSR count). The average molecular weight is 409 g/mol. The second-order valence-electron chi connectivity index (χ2n) is 7.95. The summed E-state index contributed by atoms with van der Waals surface area (Å²) < 4.78 is 4.11. The molecule has 1 fully saturated rings. The fraction of sp³-hybridized carbons (Fsp3) is 0.364. The first kappa shape index (κ1) is 19.9. The van der Waals surface area contributed by atoms with E-state index in [0.717, 1.165) is 46.7 Å². The van der Waals surface area contributed by atoms with Gasteiger partial charge in [-0.05, 0) is 55.3 Å². The Hall–Kier alpha value is -3.42. The van der Waals surface area contributed by atoms with Crippen molar-refractivity contribution in [2.45, 2.75) is 18.9 Å². The number of carboxylic acids is 1. The first-order valence-electron chi connectivity index (χ1n) is 10.1. The van der Waals surface area contributed by atoms with Gasteiger partial charge in [0.25, 0.3) is 0 Å². The van der Waals surface area contributed by atoms with Crippen molar-refractivity contribution >= 4 is 34.1 Å². The van der Waals surface area contributed by atoms with Gasteiger partial charge in [0.15, 0.2) is 0 Å². The van der Waals surface area contributed by atoms with Crippen molar-refractivity contribution in [3.05, 3.63) is 48.1 Å². The number of hydrogen-bond acceptors (Lipinski definition) is 5. The standard InChI is InChI=1S/C22H28N6O2/c1-25(2)17-11-12-18-20(14-17)27(4)22(26(18)3)24-23-15-7-9-16(10-8-15)28-13-5-6-19(28)21(29)30/h7-12,14,19,23H,5-6,13H2,1-4H3,(H,29,30). The van der Waals surface area contributed by atoms with E-state index in [1.54, 1.807) is 0 Å². The summed E-state index contributed by atoms with van der Waals surface area (Å²) >= 11 is 0. The zero-order chi connectivity index (χ0) is 21.4. The zero-order valence-electron chi connectivity index (χ0n) is 17.8. The van der Waals surface area contributed by atoms with E-state index in [-0.39, 0.29) is 0 Å². The number of hydrogen-bond donors (Lipinski definition) is 2. The van der Waals surface area contributed by atoms with Crippen LogP contribution in [0.5, 0.6) is 0 Å². The number of aliphatic carboxylic acids is 1. The molecule has 30 heavy (non-hydrogen) atoms. The summed E-state index contributed by atoms with van der Waals surface area (Å²) in [5, 5.41) is 14.0. The summed E-state index contributed by atoms with van der Waals surface area (Å²) in [6.45, 7) is 0.773. The van der Waals surface area contributed by atoms with Gasteiger partial charge in [0.05, 0.1) is 16.7 Å². The number of nitrogens with one attached hydrogen (secondary N) is 1. The van der Waals surface area contributed by atoms with Crippen molar-refractivity contribution in [3.8, 4) is 0 Å². The van der Waals surface area contributed by atoms with Gasteiger partial charge >= 0.3 is 5.97 Å². The molecular weight excluding hydrogens is 380 g/mol. The van der Waals surface area contributed by atoms with Crippen LogP contribution in [0.4, 0.5) is 17.1 Å². The third kappa shape index (κ3) is 3.49. The van der Waals surface area contributed by atoms with Crippen molar-refractivity contribution in [1.82, 2.24) is 9.13 Å². The third-order valence-corrected chi connectivity index (χ3v) is 5.82. The van der Waals surface area contributed by atoms with E-state index < -0.39 is 12.0 Å². The van der Waals surface area contributed by atoms with Crippen LogP contribution >= 0.6 is 0 Å². The summed E-state index contributed by atoms with van der Waals surface area (Å²) in [7, 11) is 8.06.